The van der Waals surface area contributed by atoms with Crippen molar-refractivity contribution in [2.24, 2.45) is 0 Å². The van der Waals surface area contributed by atoms with Crippen LogP contribution in [0.4, 0.5) is 0 Å². The number of amidine groups is 1. The number of piperidine rings is 1. The normalized spacial score (nSPS) is 32.2. The molecule has 2 heterocycles. The molecule has 0 aromatic heterocycles. The minimum atomic E-state index is 0.734. The third-order valence-corrected chi connectivity index (χ3v) is 3.49. The molecule has 2 bridgehead atoms. The van der Waals surface area contributed by atoms with Crippen LogP contribution in [0, 0.1) is 5.41 Å². The second-order valence-corrected chi connectivity index (χ2v) is 4.42. The second kappa shape index (κ2) is 3.69. The van der Waals surface area contributed by atoms with Gasteiger partial charge in [0.2, 0.25) is 0 Å². The molecule has 0 saturated carbocycles. The van der Waals surface area contributed by atoms with Crippen LogP contribution < -0.4 is 0 Å². The van der Waals surface area contributed by atoms with Crippen LogP contribution in [0.2, 0.25) is 0 Å². The maximum Gasteiger partial charge on any atom is 0.0962 e. The van der Waals surface area contributed by atoms with E-state index in [0.29, 0.717) is 0 Å². The van der Waals surface area contributed by atoms with E-state index in [1.54, 1.807) is 0 Å². The highest BCUT2D eigenvalue weighted by atomic mass is 15.2. The number of hydrogen-bond donors (Lipinski definition) is 1. The quantitative estimate of drug-likeness (QED) is 0.513. The van der Waals surface area contributed by atoms with Crippen molar-refractivity contribution in [3.63, 3.8) is 0 Å². The molecule has 2 atom stereocenters. The van der Waals surface area contributed by atoms with Crippen LogP contribution in [-0.4, -0.2) is 22.8 Å². The molecule has 2 nitrogen and oxygen atoms in total. The van der Waals surface area contributed by atoms with Gasteiger partial charge in [0.25, 0.3) is 0 Å². The Labute approximate surface area is 80.8 Å². The van der Waals surface area contributed by atoms with Gasteiger partial charge in [0.05, 0.1) is 5.84 Å². The molecule has 1 N–H and O–H groups in total. The lowest BCUT2D eigenvalue weighted by atomic mass is 10.0. The van der Waals surface area contributed by atoms with E-state index in [4.69, 9.17) is 5.41 Å². The van der Waals surface area contributed by atoms with Crippen LogP contribution in [-0.2, 0) is 0 Å². The van der Waals surface area contributed by atoms with Gasteiger partial charge in [-0.15, -0.1) is 0 Å². The SMILES string of the molecule is CCCC(=N)N1C2CCCC1CC2. The minimum absolute atomic E-state index is 0.734. The van der Waals surface area contributed by atoms with Gasteiger partial charge >= 0.3 is 0 Å². The molecule has 0 aromatic rings. The van der Waals surface area contributed by atoms with Crippen LogP contribution in [0.25, 0.3) is 0 Å². The van der Waals surface area contributed by atoms with Gasteiger partial charge < -0.3 is 4.90 Å². The smallest absolute Gasteiger partial charge is 0.0962 e. The Balaban J connectivity index is 2.02. The van der Waals surface area contributed by atoms with E-state index >= 15 is 0 Å². The zero-order valence-electron chi connectivity index (χ0n) is 8.55. The van der Waals surface area contributed by atoms with Crippen LogP contribution in [0.5, 0.6) is 0 Å². The molecule has 2 heteroatoms. The molecule has 0 radical (unpaired) electrons. The Morgan fingerprint density at radius 2 is 1.85 bits per heavy atom. The summed E-state index contributed by atoms with van der Waals surface area (Å²) in [5, 5.41) is 8.01. The van der Waals surface area contributed by atoms with E-state index in [1.807, 2.05) is 0 Å². The van der Waals surface area contributed by atoms with Gasteiger partial charge in [-0.25, -0.2) is 0 Å². The molecular formula is C11H20N2. The third kappa shape index (κ3) is 1.59. The number of rotatable bonds is 2. The fourth-order valence-corrected chi connectivity index (χ4v) is 2.92. The number of nitrogens with one attached hydrogen (secondary N) is 1. The summed E-state index contributed by atoms with van der Waals surface area (Å²) in [4.78, 5) is 2.42. The lowest BCUT2D eigenvalue weighted by Gasteiger charge is -2.36. The Kier molecular flexibility index (Phi) is 2.56. The zero-order valence-corrected chi connectivity index (χ0v) is 8.55. The van der Waals surface area contributed by atoms with Gasteiger partial charge in [0, 0.05) is 18.5 Å². The summed E-state index contributed by atoms with van der Waals surface area (Å²) in [6.45, 7) is 2.17. The number of nitrogens with zero attached hydrogens (tertiary/aromatic N) is 1. The molecule has 2 aliphatic heterocycles. The Bertz CT molecular complexity index is 184. The van der Waals surface area contributed by atoms with Crippen molar-refractivity contribution in [1.82, 2.24) is 4.90 Å². The van der Waals surface area contributed by atoms with E-state index < -0.39 is 0 Å². The first-order valence-electron chi connectivity index (χ1n) is 5.68. The van der Waals surface area contributed by atoms with E-state index in [9.17, 15) is 0 Å². The third-order valence-electron chi connectivity index (χ3n) is 3.49. The molecule has 2 saturated heterocycles. The zero-order chi connectivity index (χ0) is 9.26. The maximum absolute atomic E-state index is 8.01. The monoisotopic (exact) mass is 180 g/mol. The summed E-state index contributed by atoms with van der Waals surface area (Å²) in [6, 6.07) is 1.47. The molecule has 13 heavy (non-hydrogen) atoms. The first-order valence-corrected chi connectivity index (χ1v) is 5.68. The van der Waals surface area contributed by atoms with E-state index in [0.717, 1.165) is 30.8 Å². The summed E-state index contributed by atoms with van der Waals surface area (Å²) >= 11 is 0. The molecule has 0 aromatic carbocycles. The van der Waals surface area contributed by atoms with Gasteiger partial charge in [-0.3, -0.25) is 5.41 Å². The van der Waals surface area contributed by atoms with Gasteiger partial charge in [-0.1, -0.05) is 6.92 Å². The second-order valence-electron chi connectivity index (χ2n) is 4.42. The standard InChI is InChI=1S/C11H20N2/c1-2-4-11(12)13-9-5-3-6-10(13)8-7-9/h9-10,12H,2-8H2,1H3. The first-order chi connectivity index (χ1) is 6.33. The van der Waals surface area contributed by atoms with Gasteiger partial charge in [-0.05, 0) is 38.5 Å². The van der Waals surface area contributed by atoms with E-state index in [2.05, 4.69) is 11.8 Å². The lowest BCUT2D eigenvalue weighted by Crippen LogP contribution is -2.43. The first kappa shape index (κ1) is 9.04. The van der Waals surface area contributed by atoms with Crippen molar-refractivity contribution >= 4 is 5.84 Å². The van der Waals surface area contributed by atoms with E-state index in [-0.39, 0.29) is 0 Å². The van der Waals surface area contributed by atoms with E-state index in [1.165, 1.54) is 32.1 Å². The van der Waals surface area contributed by atoms with Gasteiger partial charge in [0.1, 0.15) is 0 Å². The number of hydrogen-bond acceptors (Lipinski definition) is 1. The summed E-state index contributed by atoms with van der Waals surface area (Å²) in [5.74, 6) is 0.912. The Hall–Kier alpha value is -0.530. The highest BCUT2D eigenvalue weighted by Gasteiger charge is 2.37. The summed E-state index contributed by atoms with van der Waals surface area (Å²) in [6.07, 6.45) is 8.85. The van der Waals surface area contributed by atoms with Crippen molar-refractivity contribution in [2.45, 2.75) is 64.0 Å². The topological polar surface area (TPSA) is 27.1 Å². The van der Waals surface area contributed by atoms with Gasteiger partial charge in [-0.2, -0.15) is 0 Å². The fourth-order valence-electron chi connectivity index (χ4n) is 2.92. The van der Waals surface area contributed by atoms with Crippen molar-refractivity contribution in [2.75, 3.05) is 0 Å². The van der Waals surface area contributed by atoms with Crippen molar-refractivity contribution in [3.05, 3.63) is 0 Å². The molecule has 0 amide bonds. The average molecular weight is 180 g/mol. The summed E-state index contributed by atoms with van der Waals surface area (Å²) < 4.78 is 0. The molecule has 0 spiro atoms. The van der Waals surface area contributed by atoms with Crippen LogP contribution in [0.3, 0.4) is 0 Å². The molecule has 2 fully saturated rings. The largest absolute Gasteiger partial charge is 0.355 e. The fraction of sp³-hybridized carbons (Fsp3) is 0.909. The van der Waals surface area contributed by atoms with Gasteiger partial charge in [0.15, 0.2) is 0 Å². The van der Waals surface area contributed by atoms with Crippen LogP contribution in [0.15, 0.2) is 0 Å². The molecule has 2 unspecified atom stereocenters. The average Bonchev–Trinajstić information content (AvgIpc) is 2.37. The highest BCUT2D eigenvalue weighted by molar-refractivity contribution is 5.80. The lowest BCUT2D eigenvalue weighted by molar-refractivity contribution is 0.230. The van der Waals surface area contributed by atoms with Crippen LogP contribution >= 0.6 is 0 Å². The van der Waals surface area contributed by atoms with Crippen molar-refractivity contribution in [3.8, 4) is 0 Å². The minimum Gasteiger partial charge on any atom is -0.355 e. The number of fused-ring (bicyclic) bond motifs is 2. The Morgan fingerprint density at radius 3 is 2.38 bits per heavy atom. The summed E-state index contributed by atoms with van der Waals surface area (Å²) in [5.41, 5.74) is 0. The molecule has 0 aliphatic carbocycles. The maximum atomic E-state index is 8.01. The molecular weight excluding hydrogens is 160 g/mol. The molecule has 2 rings (SSSR count). The molecule has 2 aliphatic rings. The Morgan fingerprint density at radius 1 is 1.23 bits per heavy atom. The predicted molar refractivity (Wildman–Crippen MR) is 55.1 cm³/mol. The molecule has 74 valence electrons. The predicted octanol–water partition coefficient (Wildman–Crippen LogP) is 2.78. The van der Waals surface area contributed by atoms with Crippen molar-refractivity contribution in [1.29, 1.82) is 5.41 Å². The highest BCUT2D eigenvalue weighted by Crippen LogP contribution is 2.35. The van der Waals surface area contributed by atoms with Crippen molar-refractivity contribution < 1.29 is 0 Å². The summed E-state index contributed by atoms with van der Waals surface area (Å²) in [7, 11) is 0. The van der Waals surface area contributed by atoms with Crippen LogP contribution in [0.1, 0.15) is 51.9 Å².